The van der Waals surface area contributed by atoms with Crippen LogP contribution < -0.4 is 4.90 Å². The molecule has 1 atom stereocenters. The van der Waals surface area contributed by atoms with Crippen molar-refractivity contribution in [2.24, 2.45) is 5.92 Å². The summed E-state index contributed by atoms with van der Waals surface area (Å²) < 4.78 is 0. The molecule has 0 aromatic heterocycles. The quantitative estimate of drug-likeness (QED) is 0.815. The number of hydrogen-bond donors (Lipinski definition) is 0. The first-order valence-electron chi connectivity index (χ1n) is 7.92. The maximum atomic E-state index is 12.4. The molecule has 6 nitrogen and oxygen atoms in total. The smallest absolute Gasteiger partial charge is 0.248 e. The van der Waals surface area contributed by atoms with E-state index in [9.17, 15) is 14.4 Å². The molecule has 0 radical (unpaired) electrons. The number of amides is 3. The summed E-state index contributed by atoms with van der Waals surface area (Å²) in [6.07, 6.45) is 0.726. The second-order valence-electron chi connectivity index (χ2n) is 6.03. The Balaban J connectivity index is 1.98. The third-order valence-electron chi connectivity index (χ3n) is 4.21. The molecule has 1 saturated heterocycles. The Morgan fingerprint density at radius 1 is 1.29 bits per heavy atom. The summed E-state index contributed by atoms with van der Waals surface area (Å²) >= 11 is 5.85. The molecule has 7 heteroatoms. The average molecular weight is 352 g/mol. The van der Waals surface area contributed by atoms with Crippen LogP contribution in [0, 0.1) is 5.92 Å². The van der Waals surface area contributed by atoms with Crippen molar-refractivity contribution in [3.63, 3.8) is 0 Å². The highest BCUT2D eigenvalue weighted by atomic mass is 35.5. The largest absolute Gasteiger partial charge is 0.336 e. The molecule has 24 heavy (non-hydrogen) atoms. The van der Waals surface area contributed by atoms with Gasteiger partial charge in [-0.1, -0.05) is 25.4 Å². The van der Waals surface area contributed by atoms with Crippen molar-refractivity contribution in [3.8, 4) is 0 Å². The van der Waals surface area contributed by atoms with E-state index in [1.165, 1.54) is 14.7 Å². The van der Waals surface area contributed by atoms with Crippen LogP contribution in [0.5, 0.6) is 0 Å². The molecule has 1 unspecified atom stereocenters. The van der Waals surface area contributed by atoms with E-state index < -0.39 is 0 Å². The van der Waals surface area contributed by atoms with E-state index in [1.54, 1.807) is 31.3 Å². The lowest BCUT2D eigenvalue weighted by Gasteiger charge is -2.23. The highest BCUT2D eigenvalue weighted by Crippen LogP contribution is 2.21. The summed E-state index contributed by atoms with van der Waals surface area (Å²) in [6.45, 7) is 3.95. The van der Waals surface area contributed by atoms with Crippen molar-refractivity contribution in [1.82, 2.24) is 9.80 Å². The van der Waals surface area contributed by atoms with E-state index in [0.717, 1.165) is 6.42 Å². The molecule has 1 aromatic carbocycles. The van der Waals surface area contributed by atoms with Crippen molar-refractivity contribution < 1.29 is 14.4 Å². The molecule has 1 fully saturated rings. The monoisotopic (exact) mass is 351 g/mol. The molecule has 1 heterocycles. The zero-order chi connectivity index (χ0) is 17.9. The number of nitrogens with zero attached hydrogens (tertiary/aromatic N) is 3. The summed E-state index contributed by atoms with van der Waals surface area (Å²) in [5.41, 5.74) is 0.698. The predicted molar refractivity (Wildman–Crippen MR) is 92.6 cm³/mol. The van der Waals surface area contributed by atoms with E-state index >= 15 is 0 Å². The van der Waals surface area contributed by atoms with Gasteiger partial charge in [0.15, 0.2) is 0 Å². The Morgan fingerprint density at radius 3 is 2.50 bits per heavy atom. The lowest BCUT2D eigenvalue weighted by molar-refractivity contribution is -0.141. The van der Waals surface area contributed by atoms with Gasteiger partial charge in [-0.25, -0.2) is 0 Å². The summed E-state index contributed by atoms with van der Waals surface area (Å²) in [6, 6.07) is 6.89. The predicted octanol–water partition coefficient (Wildman–Crippen LogP) is 1.98. The van der Waals surface area contributed by atoms with Crippen molar-refractivity contribution in [2.45, 2.75) is 20.3 Å². The van der Waals surface area contributed by atoms with Gasteiger partial charge in [-0.05, 0) is 30.7 Å². The van der Waals surface area contributed by atoms with E-state index in [1.807, 2.05) is 13.8 Å². The highest BCUT2D eigenvalue weighted by molar-refractivity contribution is 6.30. The maximum Gasteiger partial charge on any atom is 0.248 e. The first-order chi connectivity index (χ1) is 11.3. The van der Waals surface area contributed by atoms with E-state index in [2.05, 4.69) is 0 Å². The average Bonchev–Trinajstić information content (AvgIpc) is 2.96. The Hall–Kier alpha value is -2.08. The molecule has 0 spiro atoms. The molecule has 130 valence electrons. The number of benzene rings is 1. The SMILES string of the molecule is CCC(C)C(=O)N(C)CC(=O)N1CC(=O)N(c2ccc(Cl)cc2)C1. The van der Waals surface area contributed by atoms with Crippen LogP contribution in [0.2, 0.25) is 5.02 Å². The van der Waals surface area contributed by atoms with Crippen LogP contribution in [-0.4, -0.2) is 54.3 Å². The molecule has 0 aliphatic carbocycles. The van der Waals surface area contributed by atoms with Crippen molar-refractivity contribution in [2.75, 3.05) is 31.7 Å². The number of halogens is 1. The molecule has 1 aliphatic rings. The number of rotatable bonds is 5. The van der Waals surface area contributed by atoms with E-state index in [4.69, 9.17) is 11.6 Å². The van der Waals surface area contributed by atoms with Gasteiger partial charge in [-0.3, -0.25) is 19.3 Å². The Bertz CT molecular complexity index is 632. The molecule has 0 saturated carbocycles. The third kappa shape index (κ3) is 4.06. The highest BCUT2D eigenvalue weighted by Gasteiger charge is 2.32. The number of carbonyl (C=O) groups excluding carboxylic acids is 3. The normalized spacial score (nSPS) is 15.6. The zero-order valence-electron chi connectivity index (χ0n) is 14.2. The third-order valence-corrected chi connectivity index (χ3v) is 4.46. The lowest BCUT2D eigenvalue weighted by atomic mass is 10.1. The summed E-state index contributed by atoms with van der Waals surface area (Å²) in [4.78, 5) is 41.0. The van der Waals surface area contributed by atoms with Crippen LogP contribution in [0.25, 0.3) is 0 Å². The number of likely N-dealkylation sites (N-methyl/N-ethyl adjacent to an activating group) is 1. The first-order valence-corrected chi connectivity index (χ1v) is 8.30. The van der Waals surface area contributed by atoms with Gasteiger partial charge in [-0.2, -0.15) is 0 Å². The molecule has 0 N–H and O–H groups in total. The number of hydrogen-bond acceptors (Lipinski definition) is 3. The van der Waals surface area contributed by atoms with Gasteiger partial charge >= 0.3 is 0 Å². The topological polar surface area (TPSA) is 60.9 Å². The minimum atomic E-state index is -0.237. The van der Waals surface area contributed by atoms with Crippen LogP contribution in [-0.2, 0) is 14.4 Å². The fourth-order valence-electron chi connectivity index (χ4n) is 2.49. The van der Waals surface area contributed by atoms with E-state index in [0.29, 0.717) is 10.7 Å². The molecule has 3 amide bonds. The van der Waals surface area contributed by atoms with Crippen LogP contribution in [0.15, 0.2) is 24.3 Å². The van der Waals surface area contributed by atoms with Gasteiger partial charge in [0.1, 0.15) is 13.2 Å². The second-order valence-corrected chi connectivity index (χ2v) is 6.47. The maximum absolute atomic E-state index is 12.4. The van der Waals surface area contributed by atoms with Gasteiger partial charge in [0.25, 0.3) is 0 Å². The van der Waals surface area contributed by atoms with Crippen LogP contribution in [0.3, 0.4) is 0 Å². The molecule has 1 aromatic rings. The first kappa shape index (κ1) is 18.3. The van der Waals surface area contributed by atoms with Gasteiger partial charge in [0, 0.05) is 23.7 Å². The molecular formula is C17H22ClN3O3. The fraction of sp³-hybridized carbons (Fsp3) is 0.471. The van der Waals surface area contributed by atoms with Gasteiger partial charge in [0.2, 0.25) is 17.7 Å². The standard InChI is InChI=1S/C17H22ClN3O3/c1-4-12(2)17(24)19(3)9-15(22)20-10-16(23)21(11-20)14-7-5-13(18)6-8-14/h5-8,12H,4,9-11H2,1-3H3. The Kier molecular flexibility index (Phi) is 5.83. The zero-order valence-corrected chi connectivity index (χ0v) is 14.9. The van der Waals surface area contributed by atoms with Crippen LogP contribution >= 0.6 is 11.6 Å². The summed E-state index contributed by atoms with van der Waals surface area (Å²) in [5, 5.41) is 0.587. The molecule has 2 rings (SSSR count). The van der Waals surface area contributed by atoms with Gasteiger partial charge in [-0.15, -0.1) is 0 Å². The lowest BCUT2D eigenvalue weighted by Crippen LogP contribution is -2.42. The van der Waals surface area contributed by atoms with Gasteiger partial charge in [0.05, 0.1) is 6.54 Å². The number of anilines is 1. The van der Waals surface area contributed by atoms with Crippen LogP contribution in [0.1, 0.15) is 20.3 Å². The minimum Gasteiger partial charge on any atom is -0.336 e. The summed E-state index contributed by atoms with van der Waals surface area (Å²) in [5.74, 6) is -0.569. The van der Waals surface area contributed by atoms with Gasteiger partial charge < -0.3 is 9.80 Å². The Labute approximate surface area is 147 Å². The van der Waals surface area contributed by atoms with E-state index in [-0.39, 0.29) is 43.4 Å². The fourth-order valence-corrected chi connectivity index (χ4v) is 2.62. The van der Waals surface area contributed by atoms with Crippen molar-refractivity contribution in [1.29, 1.82) is 0 Å². The Morgan fingerprint density at radius 2 is 1.92 bits per heavy atom. The molecule has 1 aliphatic heterocycles. The van der Waals surface area contributed by atoms with Crippen molar-refractivity contribution in [3.05, 3.63) is 29.3 Å². The van der Waals surface area contributed by atoms with Crippen LogP contribution in [0.4, 0.5) is 5.69 Å². The molecule has 0 bridgehead atoms. The second kappa shape index (κ2) is 7.66. The summed E-state index contributed by atoms with van der Waals surface area (Å²) in [7, 11) is 1.61. The number of carbonyl (C=O) groups is 3. The van der Waals surface area contributed by atoms with Crippen molar-refractivity contribution >= 4 is 35.0 Å². The minimum absolute atomic E-state index is 0.0207. The molecular weight excluding hydrogens is 330 g/mol.